The van der Waals surface area contributed by atoms with Crippen LogP contribution < -0.4 is 5.73 Å². The lowest BCUT2D eigenvalue weighted by Gasteiger charge is -2.18. The number of aliphatic hydroxyl groups excluding tert-OH is 1. The van der Waals surface area contributed by atoms with Gasteiger partial charge in [0.2, 0.25) is 11.8 Å². The summed E-state index contributed by atoms with van der Waals surface area (Å²) < 4.78 is 5.45. The maximum absolute atomic E-state index is 10.00. The normalized spacial score (nSPS) is 14.7. The molecule has 0 amide bonds. The van der Waals surface area contributed by atoms with E-state index in [2.05, 4.69) is 10.2 Å². The lowest BCUT2D eigenvalue weighted by molar-refractivity contribution is 0.0979. The molecule has 1 heterocycles. The van der Waals surface area contributed by atoms with E-state index in [1.807, 2.05) is 44.2 Å². The van der Waals surface area contributed by atoms with Crippen LogP contribution in [0.15, 0.2) is 34.7 Å². The quantitative estimate of drug-likeness (QED) is 0.859. The van der Waals surface area contributed by atoms with Gasteiger partial charge in [-0.15, -0.1) is 10.2 Å². The second kappa shape index (κ2) is 5.29. The predicted molar refractivity (Wildman–Crippen MR) is 67.5 cm³/mol. The molecule has 0 saturated carbocycles. The molecular formula is C13H17N3O2. The van der Waals surface area contributed by atoms with Gasteiger partial charge in [0.15, 0.2) is 0 Å². The summed E-state index contributed by atoms with van der Waals surface area (Å²) in [6.07, 6.45) is -0.935. The second-order valence-corrected chi connectivity index (χ2v) is 4.58. The average molecular weight is 247 g/mol. The highest BCUT2D eigenvalue weighted by molar-refractivity contribution is 5.51. The molecule has 0 bridgehead atoms. The number of hydrogen-bond acceptors (Lipinski definition) is 5. The lowest BCUT2D eigenvalue weighted by Crippen LogP contribution is -2.33. The summed E-state index contributed by atoms with van der Waals surface area (Å²) >= 11 is 0. The molecule has 0 radical (unpaired) electrons. The van der Waals surface area contributed by atoms with Gasteiger partial charge in [0.1, 0.15) is 6.10 Å². The van der Waals surface area contributed by atoms with Gasteiger partial charge >= 0.3 is 0 Å². The summed E-state index contributed by atoms with van der Waals surface area (Å²) in [7, 11) is 0. The van der Waals surface area contributed by atoms with Crippen molar-refractivity contribution in [2.75, 3.05) is 0 Å². The first-order valence-corrected chi connectivity index (χ1v) is 5.92. The second-order valence-electron chi connectivity index (χ2n) is 4.58. The summed E-state index contributed by atoms with van der Waals surface area (Å²) in [6.45, 7) is 3.87. The zero-order valence-corrected chi connectivity index (χ0v) is 10.4. The Morgan fingerprint density at radius 2 is 1.83 bits per heavy atom. The smallest absolute Gasteiger partial charge is 0.247 e. The number of aliphatic hydroxyl groups is 1. The number of rotatable bonds is 4. The molecule has 0 fully saturated rings. The van der Waals surface area contributed by atoms with Crippen LogP contribution in [0, 0.1) is 5.92 Å². The van der Waals surface area contributed by atoms with Crippen LogP contribution >= 0.6 is 0 Å². The first-order chi connectivity index (χ1) is 8.59. The van der Waals surface area contributed by atoms with E-state index in [1.54, 1.807) is 0 Å². The lowest BCUT2D eigenvalue weighted by atomic mass is 10.00. The van der Waals surface area contributed by atoms with Gasteiger partial charge in [-0.3, -0.25) is 0 Å². The third-order valence-electron chi connectivity index (χ3n) is 2.85. The molecule has 2 rings (SSSR count). The highest BCUT2D eigenvalue weighted by Gasteiger charge is 2.25. The molecule has 1 unspecified atom stereocenters. The van der Waals surface area contributed by atoms with E-state index < -0.39 is 12.1 Å². The molecular weight excluding hydrogens is 230 g/mol. The Hall–Kier alpha value is -1.72. The van der Waals surface area contributed by atoms with Crippen molar-refractivity contribution in [1.29, 1.82) is 0 Å². The molecule has 18 heavy (non-hydrogen) atoms. The van der Waals surface area contributed by atoms with Crippen LogP contribution in [0.5, 0.6) is 0 Å². The van der Waals surface area contributed by atoms with Gasteiger partial charge in [-0.2, -0.15) is 0 Å². The molecule has 5 heteroatoms. The molecule has 1 aromatic carbocycles. The molecule has 0 saturated heterocycles. The molecule has 3 N–H and O–H groups in total. The summed E-state index contributed by atoms with van der Waals surface area (Å²) in [5, 5.41) is 17.8. The van der Waals surface area contributed by atoms with E-state index in [1.165, 1.54) is 0 Å². The topological polar surface area (TPSA) is 85.2 Å². The van der Waals surface area contributed by atoms with E-state index >= 15 is 0 Å². The average Bonchev–Trinajstić information content (AvgIpc) is 2.87. The fourth-order valence-corrected chi connectivity index (χ4v) is 1.58. The van der Waals surface area contributed by atoms with Crippen molar-refractivity contribution in [3.8, 4) is 11.5 Å². The van der Waals surface area contributed by atoms with Gasteiger partial charge in [0.05, 0.1) is 0 Å². The van der Waals surface area contributed by atoms with Gasteiger partial charge < -0.3 is 15.3 Å². The predicted octanol–water partition coefficient (Wildman–Crippen LogP) is 1.75. The minimum atomic E-state index is -0.935. The molecule has 2 atom stereocenters. The van der Waals surface area contributed by atoms with Crippen LogP contribution in [0.2, 0.25) is 0 Å². The zero-order chi connectivity index (χ0) is 13.1. The summed E-state index contributed by atoms with van der Waals surface area (Å²) in [4.78, 5) is 0. The Morgan fingerprint density at radius 1 is 1.17 bits per heavy atom. The highest BCUT2D eigenvalue weighted by Crippen LogP contribution is 2.23. The first kappa shape index (κ1) is 12.7. The van der Waals surface area contributed by atoms with Crippen molar-refractivity contribution in [1.82, 2.24) is 10.2 Å². The fraction of sp³-hybridized carbons (Fsp3) is 0.385. The molecule has 0 aliphatic heterocycles. The summed E-state index contributed by atoms with van der Waals surface area (Å²) in [6, 6.07) is 8.99. The fourth-order valence-electron chi connectivity index (χ4n) is 1.58. The van der Waals surface area contributed by atoms with Crippen LogP contribution in [0.3, 0.4) is 0 Å². The molecule has 5 nitrogen and oxygen atoms in total. The van der Waals surface area contributed by atoms with E-state index in [9.17, 15) is 5.11 Å². The summed E-state index contributed by atoms with van der Waals surface area (Å²) in [5.41, 5.74) is 6.68. The van der Waals surface area contributed by atoms with Crippen molar-refractivity contribution >= 4 is 0 Å². The van der Waals surface area contributed by atoms with Crippen molar-refractivity contribution < 1.29 is 9.52 Å². The Labute approximate surface area is 106 Å². The molecule has 0 aliphatic carbocycles. The van der Waals surface area contributed by atoms with Gasteiger partial charge in [0.25, 0.3) is 0 Å². The van der Waals surface area contributed by atoms with Gasteiger partial charge in [-0.05, 0) is 18.1 Å². The minimum Gasteiger partial charge on any atom is -0.418 e. The van der Waals surface area contributed by atoms with Crippen LogP contribution in [0.25, 0.3) is 11.5 Å². The molecule has 0 spiro atoms. The SMILES string of the molecule is CC(C)[C@H](N)C(O)c1nnc(-c2ccccc2)o1. The molecule has 2 aromatic rings. The maximum atomic E-state index is 10.00. The van der Waals surface area contributed by atoms with Crippen LogP contribution in [0.4, 0.5) is 0 Å². The Balaban J connectivity index is 2.21. The third kappa shape index (κ3) is 2.57. The van der Waals surface area contributed by atoms with Crippen molar-refractivity contribution in [2.45, 2.75) is 26.0 Å². The van der Waals surface area contributed by atoms with Gasteiger partial charge in [-0.1, -0.05) is 32.0 Å². The van der Waals surface area contributed by atoms with E-state index in [4.69, 9.17) is 10.2 Å². The Kier molecular flexibility index (Phi) is 3.74. The van der Waals surface area contributed by atoms with Gasteiger partial charge in [-0.25, -0.2) is 0 Å². The van der Waals surface area contributed by atoms with E-state index in [0.717, 1.165) is 5.56 Å². The summed E-state index contributed by atoms with van der Waals surface area (Å²) in [5.74, 6) is 0.683. The molecule has 1 aromatic heterocycles. The van der Waals surface area contributed by atoms with Crippen LogP contribution in [-0.2, 0) is 0 Å². The van der Waals surface area contributed by atoms with Gasteiger partial charge in [0, 0.05) is 11.6 Å². The number of hydrogen-bond donors (Lipinski definition) is 2. The van der Waals surface area contributed by atoms with Crippen molar-refractivity contribution in [2.24, 2.45) is 11.7 Å². The van der Waals surface area contributed by atoms with E-state index in [-0.39, 0.29) is 11.8 Å². The monoisotopic (exact) mass is 247 g/mol. The Bertz CT molecular complexity index is 496. The maximum Gasteiger partial charge on any atom is 0.247 e. The number of nitrogens with zero attached hydrogens (tertiary/aromatic N) is 2. The zero-order valence-electron chi connectivity index (χ0n) is 10.4. The van der Waals surface area contributed by atoms with Crippen LogP contribution in [-0.4, -0.2) is 21.3 Å². The first-order valence-electron chi connectivity index (χ1n) is 5.92. The molecule has 96 valence electrons. The van der Waals surface area contributed by atoms with Crippen LogP contribution in [0.1, 0.15) is 25.8 Å². The van der Waals surface area contributed by atoms with Crippen molar-refractivity contribution in [3.05, 3.63) is 36.2 Å². The molecule has 0 aliphatic rings. The Morgan fingerprint density at radius 3 is 2.44 bits per heavy atom. The largest absolute Gasteiger partial charge is 0.418 e. The van der Waals surface area contributed by atoms with Crippen molar-refractivity contribution in [3.63, 3.8) is 0 Å². The number of nitrogens with two attached hydrogens (primary N) is 1. The number of aromatic nitrogens is 2. The minimum absolute atomic E-state index is 0.132. The van der Waals surface area contributed by atoms with E-state index in [0.29, 0.717) is 5.89 Å². The third-order valence-corrected chi connectivity index (χ3v) is 2.85. The number of benzene rings is 1. The highest BCUT2D eigenvalue weighted by atomic mass is 16.4. The standard InChI is InChI=1S/C13H17N3O2/c1-8(2)10(14)11(17)13-16-15-12(18-13)9-6-4-3-5-7-9/h3-8,10-11,17H,14H2,1-2H3/t10-,11?/m0/s1.